The largest absolute Gasteiger partial charge is 0.274 e. The Bertz CT molecular complexity index is 1230. The molecule has 1 heterocycles. The summed E-state index contributed by atoms with van der Waals surface area (Å²) in [6.07, 6.45) is 0.587. The van der Waals surface area contributed by atoms with Crippen molar-refractivity contribution in [3.8, 4) is 5.69 Å². The maximum atomic E-state index is 13.0. The Kier molecular flexibility index (Phi) is 7.11. The van der Waals surface area contributed by atoms with E-state index in [-0.39, 0.29) is 11.3 Å². The van der Waals surface area contributed by atoms with Crippen LogP contribution < -0.4 is 10.9 Å². The highest BCUT2D eigenvalue weighted by atomic mass is 32.2. The first-order valence-electron chi connectivity index (χ1n) is 10.1. The first-order chi connectivity index (χ1) is 16.1. The predicted octanol–water partition coefficient (Wildman–Crippen LogP) is 3.55. The quantitative estimate of drug-likeness (QED) is 0.325. The van der Waals surface area contributed by atoms with Crippen molar-refractivity contribution in [2.24, 2.45) is 0 Å². The lowest BCUT2D eigenvalue weighted by molar-refractivity contribution is -0.119. The maximum absolute atomic E-state index is 13.0. The Hall–Kier alpha value is -3.98. The first-order valence-corrected chi connectivity index (χ1v) is 11.1. The summed E-state index contributed by atoms with van der Waals surface area (Å²) in [6, 6.07) is 24.6. The number of hydrogen-bond acceptors (Lipinski definition) is 5. The van der Waals surface area contributed by atoms with Crippen molar-refractivity contribution in [3.05, 3.63) is 108 Å². The van der Waals surface area contributed by atoms with E-state index in [1.54, 1.807) is 0 Å². The molecule has 33 heavy (non-hydrogen) atoms. The van der Waals surface area contributed by atoms with Crippen LogP contribution in [0.1, 0.15) is 21.7 Å². The van der Waals surface area contributed by atoms with Crippen LogP contribution in [0.25, 0.3) is 5.69 Å². The van der Waals surface area contributed by atoms with Crippen LogP contribution in [0.2, 0.25) is 0 Å². The van der Waals surface area contributed by atoms with Crippen LogP contribution >= 0.6 is 11.8 Å². The van der Waals surface area contributed by atoms with Crippen molar-refractivity contribution >= 4 is 23.6 Å². The van der Waals surface area contributed by atoms with Crippen molar-refractivity contribution in [3.63, 3.8) is 0 Å². The third kappa shape index (κ3) is 5.83. The molecule has 4 aromatic rings. The molecule has 0 atom stereocenters. The minimum atomic E-state index is -0.536. The van der Waals surface area contributed by atoms with E-state index in [9.17, 15) is 14.0 Å². The summed E-state index contributed by atoms with van der Waals surface area (Å²) in [7, 11) is 0. The Labute approximate surface area is 194 Å². The molecule has 0 saturated heterocycles. The molecule has 1 aromatic heterocycles. The molecule has 3 aromatic carbocycles. The number of nitrogens with zero attached hydrogens (tertiary/aromatic N) is 3. The molecule has 0 bridgehead atoms. The van der Waals surface area contributed by atoms with Gasteiger partial charge in [-0.1, -0.05) is 60.3 Å². The summed E-state index contributed by atoms with van der Waals surface area (Å²) in [5, 5.41) is 9.19. The van der Waals surface area contributed by atoms with Gasteiger partial charge in [0.15, 0.2) is 5.16 Å². The van der Waals surface area contributed by atoms with Gasteiger partial charge in [0.1, 0.15) is 11.6 Å². The Morgan fingerprint density at radius 1 is 0.848 bits per heavy atom. The number of hydrogen-bond donors (Lipinski definition) is 2. The van der Waals surface area contributed by atoms with E-state index >= 15 is 0 Å². The smallest absolute Gasteiger partial charge is 0.269 e. The van der Waals surface area contributed by atoms with Crippen molar-refractivity contribution in [1.82, 2.24) is 25.6 Å². The highest BCUT2D eigenvalue weighted by Gasteiger charge is 2.16. The second-order valence-electron chi connectivity index (χ2n) is 7.03. The van der Waals surface area contributed by atoms with E-state index in [4.69, 9.17) is 0 Å². The molecule has 4 rings (SSSR count). The number of amides is 2. The molecule has 0 unspecified atom stereocenters. The molecule has 0 aliphatic rings. The molecule has 0 fully saturated rings. The lowest BCUT2D eigenvalue weighted by Crippen LogP contribution is -2.42. The molecule has 2 amide bonds. The van der Waals surface area contributed by atoms with Gasteiger partial charge in [-0.05, 0) is 42.0 Å². The van der Waals surface area contributed by atoms with Gasteiger partial charge in [0.2, 0.25) is 5.91 Å². The summed E-state index contributed by atoms with van der Waals surface area (Å²) in [6.45, 7) is 0. The van der Waals surface area contributed by atoms with Gasteiger partial charge in [-0.15, -0.1) is 10.2 Å². The molecule has 2 N–H and O–H groups in total. The van der Waals surface area contributed by atoms with E-state index in [0.29, 0.717) is 11.6 Å². The van der Waals surface area contributed by atoms with Gasteiger partial charge in [0, 0.05) is 17.7 Å². The molecule has 9 heteroatoms. The standard InChI is InChI=1S/C24H20FN5O2S/c25-19-13-11-18(12-14-19)23(32)28-27-22(31)16-33-24-29-26-21(15-17-7-3-1-4-8-17)30(24)20-9-5-2-6-10-20/h1-14H,15-16H2,(H,27,31)(H,28,32). The van der Waals surface area contributed by atoms with Gasteiger partial charge in [0.25, 0.3) is 5.91 Å². The average Bonchev–Trinajstić information content (AvgIpc) is 3.25. The fraction of sp³-hybridized carbons (Fsp3) is 0.0833. The van der Waals surface area contributed by atoms with E-state index < -0.39 is 17.6 Å². The third-order valence-corrected chi connectivity index (χ3v) is 5.60. The van der Waals surface area contributed by atoms with E-state index in [1.165, 1.54) is 36.0 Å². The molecule has 0 aliphatic heterocycles. The number of halogens is 1. The number of benzene rings is 3. The minimum Gasteiger partial charge on any atom is -0.274 e. The Morgan fingerprint density at radius 3 is 2.21 bits per heavy atom. The summed E-state index contributed by atoms with van der Waals surface area (Å²) in [5.74, 6) is -0.630. The van der Waals surface area contributed by atoms with Crippen LogP contribution in [0.15, 0.2) is 90.1 Å². The van der Waals surface area contributed by atoms with Gasteiger partial charge in [-0.2, -0.15) is 0 Å². The van der Waals surface area contributed by atoms with Crippen LogP contribution in [0.5, 0.6) is 0 Å². The number of carbonyl (C=O) groups is 2. The van der Waals surface area contributed by atoms with Crippen molar-refractivity contribution in [1.29, 1.82) is 0 Å². The van der Waals surface area contributed by atoms with Crippen LogP contribution in [0, 0.1) is 5.82 Å². The fourth-order valence-electron chi connectivity index (χ4n) is 3.09. The Morgan fingerprint density at radius 2 is 1.52 bits per heavy atom. The molecule has 7 nitrogen and oxygen atoms in total. The molecule has 166 valence electrons. The molecular formula is C24H20FN5O2S. The second kappa shape index (κ2) is 10.6. The first kappa shape index (κ1) is 22.2. The molecule has 0 radical (unpaired) electrons. The van der Waals surface area contributed by atoms with Crippen molar-refractivity contribution < 1.29 is 14.0 Å². The highest BCUT2D eigenvalue weighted by Crippen LogP contribution is 2.23. The Balaban J connectivity index is 1.42. The van der Waals surface area contributed by atoms with E-state index in [2.05, 4.69) is 21.0 Å². The van der Waals surface area contributed by atoms with Gasteiger partial charge in [0.05, 0.1) is 5.75 Å². The van der Waals surface area contributed by atoms with Gasteiger partial charge >= 0.3 is 0 Å². The monoisotopic (exact) mass is 461 g/mol. The fourth-order valence-corrected chi connectivity index (χ4v) is 3.86. The summed E-state index contributed by atoms with van der Waals surface area (Å²) >= 11 is 1.21. The third-order valence-electron chi connectivity index (χ3n) is 4.67. The lowest BCUT2D eigenvalue weighted by atomic mass is 10.1. The normalized spacial score (nSPS) is 10.6. The lowest BCUT2D eigenvalue weighted by Gasteiger charge is -2.11. The van der Waals surface area contributed by atoms with Gasteiger partial charge in [-0.25, -0.2) is 4.39 Å². The van der Waals surface area contributed by atoms with Crippen LogP contribution in [0.4, 0.5) is 4.39 Å². The zero-order chi connectivity index (χ0) is 23.0. The summed E-state index contributed by atoms with van der Waals surface area (Å²) in [5.41, 5.74) is 6.90. The number of nitrogens with one attached hydrogen (secondary N) is 2. The number of thioether (sulfide) groups is 1. The molecule has 0 saturated carbocycles. The SMILES string of the molecule is O=C(CSc1nnc(Cc2ccccc2)n1-c1ccccc1)NNC(=O)c1ccc(F)cc1. The zero-order valence-corrected chi connectivity index (χ0v) is 18.3. The second-order valence-corrected chi connectivity index (χ2v) is 7.97. The summed E-state index contributed by atoms with van der Waals surface area (Å²) < 4.78 is 14.9. The number of para-hydroxylation sites is 1. The molecular weight excluding hydrogens is 441 g/mol. The minimum absolute atomic E-state index is 0.0139. The molecule has 0 aliphatic carbocycles. The van der Waals surface area contributed by atoms with Crippen LogP contribution in [-0.2, 0) is 11.2 Å². The number of rotatable bonds is 7. The van der Waals surface area contributed by atoms with Crippen LogP contribution in [0.3, 0.4) is 0 Å². The maximum Gasteiger partial charge on any atom is 0.269 e. The van der Waals surface area contributed by atoms with Gasteiger partial charge < -0.3 is 0 Å². The topological polar surface area (TPSA) is 88.9 Å². The number of carbonyl (C=O) groups excluding carboxylic acids is 2. The van der Waals surface area contributed by atoms with E-state index in [1.807, 2.05) is 65.2 Å². The number of hydrazine groups is 1. The van der Waals surface area contributed by atoms with Crippen molar-refractivity contribution in [2.75, 3.05) is 5.75 Å². The highest BCUT2D eigenvalue weighted by molar-refractivity contribution is 7.99. The summed E-state index contributed by atoms with van der Waals surface area (Å²) in [4.78, 5) is 24.4. The molecule has 0 spiro atoms. The number of aromatic nitrogens is 3. The zero-order valence-electron chi connectivity index (χ0n) is 17.4. The van der Waals surface area contributed by atoms with Gasteiger partial charge in [-0.3, -0.25) is 25.0 Å². The average molecular weight is 462 g/mol. The van der Waals surface area contributed by atoms with Crippen molar-refractivity contribution in [2.45, 2.75) is 11.6 Å². The predicted molar refractivity (Wildman–Crippen MR) is 123 cm³/mol. The van der Waals surface area contributed by atoms with Crippen LogP contribution in [-0.4, -0.2) is 32.3 Å². The van der Waals surface area contributed by atoms with E-state index in [0.717, 1.165) is 17.1 Å².